The van der Waals surface area contributed by atoms with Crippen molar-refractivity contribution < 1.29 is 0 Å². The number of hydrogen-bond acceptors (Lipinski definition) is 0. The Balaban J connectivity index is 2.27. The second-order valence-electron chi connectivity index (χ2n) is 6.96. The summed E-state index contributed by atoms with van der Waals surface area (Å²) < 4.78 is 0. The Morgan fingerprint density at radius 2 is 0.630 bits per heavy atom. The minimum absolute atomic E-state index is 1.05. The summed E-state index contributed by atoms with van der Waals surface area (Å²) in [4.78, 5) is 0. The molecule has 0 fully saturated rings. The van der Waals surface area contributed by atoms with Crippen LogP contribution in [0.4, 0.5) is 0 Å². The molecular formula is C26H25P. The molecule has 0 aliphatic carbocycles. The molecule has 1 heteroatoms. The van der Waals surface area contributed by atoms with Crippen LogP contribution in [0.1, 0.15) is 6.92 Å². The minimum atomic E-state index is -2.84. The van der Waals surface area contributed by atoms with Crippen molar-refractivity contribution in [3.63, 3.8) is 0 Å². The standard InChI is InChI=1S/C26H25P/c1-2-27(23-15-7-3-8-16-23,24-17-9-4-10-18-24,25-19-11-5-12-20-25)26-21-13-6-14-22-26/h3-22H,2H2,1H3. The van der Waals surface area contributed by atoms with Crippen molar-refractivity contribution in [1.29, 1.82) is 0 Å². The van der Waals surface area contributed by atoms with Gasteiger partial charge in [0.15, 0.2) is 0 Å². The summed E-state index contributed by atoms with van der Waals surface area (Å²) in [6.45, 7) is -0.483. The van der Waals surface area contributed by atoms with Crippen LogP contribution in [0.5, 0.6) is 0 Å². The van der Waals surface area contributed by atoms with Gasteiger partial charge in [-0.2, -0.15) is 0 Å². The van der Waals surface area contributed by atoms with E-state index in [1.165, 1.54) is 21.2 Å². The molecule has 0 spiro atoms. The van der Waals surface area contributed by atoms with Crippen molar-refractivity contribution in [2.45, 2.75) is 6.92 Å². The SMILES string of the molecule is CCP(c1ccccc1)(c1ccccc1)(c1ccccc1)c1ccccc1. The zero-order chi connectivity index (χ0) is 18.6. The van der Waals surface area contributed by atoms with Gasteiger partial charge in [0.2, 0.25) is 0 Å². The molecule has 0 saturated heterocycles. The zero-order valence-electron chi connectivity index (χ0n) is 15.7. The zero-order valence-corrected chi connectivity index (χ0v) is 16.6. The first-order valence-electron chi connectivity index (χ1n) is 9.56. The predicted molar refractivity (Wildman–Crippen MR) is 122 cm³/mol. The fourth-order valence-electron chi connectivity index (χ4n) is 4.65. The van der Waals surface area contributed by atoms with E-state index in [-0.39, 0.29) is 0 Å². The maximum atomic E-state index is 2.36. The average Bonchev–Trinajstić information content (AvgIpc) is 2.78. The third kappa shape index (κ3) is 2.48. The van der Waals surface area contributed by atoms with Gasteiger partial charge in [-0.1, -0.05) is 0 Å². The van der Waals surface area contributed by atoms with Crippen LogP contribution in [0.3, 0.4) is 0 Å². The van der Waals surface area contributed by atoms with Crippen molar-refractivity contribution in [2.75, 3.05) is 6.16 Å². The van der Waals surface area contributed by atoms with Crippen LogP contribution in [0.2, 0.25) is 0 Å². The van der Waals surface area contributed by atoms with Crippen molar-refractivity contribution in [3.8, 4) is 0 Å². The third-order valence-electron chi connectivity index (χ3n) is 5.94. The van der Waals surface area contributed by atoms with Gasteiger partial charge in [0, 0.05) is 0 Å². The van der Waals surface area contributed by atoms with Crippen molar-refractivity contribution in [2.24, 2.45) is 0 Å². The first kappa shape index (κ1) is 17.7. The van der Waals surface area contributed by atoms with E-state index in [0.29, 0.717) is 0 Å². The van der Waals surface area contributed by atoms with E-state index in [9.17, 15) is 0 Å². The molecule has 0 aliphatic rings. The van der Waals surface area contributed by atoms with Crippen molar-refractivity contribution >= 4 is 27.8 Å². The van der Waals surface area contributed by atoms with Crippen LogP contribution in [-0.2, 0) is 0 Å². The fourth-order valence-corrected chi connectivity index (χ4v) is 11.2. The predicted octanol–water partition coefficient (Wildman–Crippen LogP) is 4.86. The Labute approximate surface area is 162 Å². The molecule has 0 aromatic heterocycles. The van der Waals surface area contributed by atoms with Gasteiger partial charge >= 0.3 is 162 Å². The average molecular weight is 368 g/mol. The first-order chi connectivity index (χ1) is 13.3. The molecule has 0 amide bonds. The monoisotopic (exact) mass is 368 g/mol. The van der Waals surface area contributed by atoms with E-state index < -0.39 is 6.60 Å². The maximum absolute atomic E-state index is 2.84. The van der Waals surface area contributed by atoms with Gasteiger partial charge in [0.25, 0.3) is 0 Å². The molecule has 4 rings (SSSR count). The second-order valence-corrected chi connectivity index (χ2v) is 12.3. The molecule has 4 aromatic rings. The summed E-state index contributed by atoms with van der Waals surface area (Å²) in [5, 5.41) is 5.70. The van der Waals surface area contributed by atoms with Gasteiger partial charge in [0.05, 0.1) is 0 Å². The van der Waals surface area contributed by atoms with E-state index in [1.807, 2.05) is 0 Å². The van der Waals surface area contributed by atoms with Crippen LogP contribution < -0.4 is 21.2 Å². The van der Waals surface area contributed by atoms with Crippen molar-refractivity contribution in [3.05, 3.63) is 121 Å². The Kier molecular flexibility index (Phi) is 4.68. The Morgan fingerprint density at radius 1 is 0.407 bits per heavy atom. The van der Waals surface area contributed by atoms with E-state index in [2.05, 4.69) is 128 Å². The molecule has 0 nitrogen and oxygen atoms in total. The van der Waals surface area contributed by atoms with Gasteiger partial charge in [-0.3, -0.25) is 0 Å². The summed E-state index contributed by atoms with van der Waals surface area (Å²) in [7, 11) is 0. The van der Waals surface area contributed by atoms with E-state index in [0.717, 1.165) is 6.16 Å². The molecule has 0 unspecified atom stereocenters. The molecule has 4 aromatic carbocycles. The van der Waals surface area contributed by atoms with Gasteiger partial charge in [0.1, 0.15) is 0 Å². The van der Waals surface area contributed by atoms with Gasteiger partial charge in [-0.25, -0.2) is 0 Å². The number of hydrogen-bond donors (Lipinski definition) is 0. The van der Waals surface area contributed by atoms with E-state index >= 15 is 0 Å². The van der Waals surface area contributed by atoms with E-state index in [4.69, 9.17) is 0 Å². The molecule has 0 atom stereocenters. The summed E-state index contributed by atoms with van der Waals surface area (Å²) in [6.07, 6.45) is 1.05. The molecule has 0 radical (unpaired) electrons. The number of rotatable bonds is 5. The van der Waals surface area contributed by atoms with Gasteiger partial charge < -0.3 is 0 Å². The third-order valence-corrected chi connectivity index (χ3v) is 13.0. The fraction of sp³-hybridized carbons (Fsp3) is 0.0769. The number of benzene rings is 4. The summed E-state index contributed by atoms with van der Waals surface area (Å²) >= 11 is 0. The normalized spacial score (nSPS) is 12.9. The molecule has 0 aliphatic heterocycles. The summed E-state index contributed by atoms with van der Waals surface area (Å²) in [6, 6.07) is 44.5. The van der Waals surface area contributed by atoms with Crippen LogP contribution >= 0.6 is 6.60 Å². The summed E-state index contributed by atoms with van der Waals surface area (Å²) in [5.74, 6) is 0. The molecular weight excluding hydrogens is 343 g/mol. The van der Waals surface area contributed by atoms with Crippen LogP contribution in [-0.4, -0.2) is 6.16 Å². The Bertz CT molecular complexity index is 824. The molecule has 27 heavy (non-hydrogen) atoms. The molecule has 0 saturated carbocycles. The van der Waals surface area contributed by atoms with Crippen LogP contribution in [0.25, 0.3) is 0 Å². The summed E-state index contributed by atoms with van der Waals surface area (Å²) in [5.41, 5.74) is 0. The van der Waals surface area contributed by atoms with Crippen LogP contribution in [0, 0.1) is 0 Å². The van der Waals surface area contributed by atoms with Crippen molar-refractivity contribution in [1.82, 2.24) is 0 Å². The molecule has 0 bridgehead atoms. The molecule has 0 N–H and O–H groups in total. The Morgan fingerprint density at radius 3 is 0.815 bits per heavy atom. The Hall–Kier alpha value is -2.69. The molecule has 0 heterocycles. The second kappa shape index (κ2) is 7.14. The van der Waals surface area contributed by atoms with Crippen LogP contribution in [0.15, 0.2) is 121 Å². The van der Waals surface area contributed by atoms with E-state index in [1.54, 1.807) is 0 Å². The first-order valence-corrected chi connectivity index (χ1v) is 12.0. The quantitative estimate of drug-likeness (QED) is 0.441. The van der Waals surface area contributed by atoms with Gasteiger partial charge in [-0.05, 0) is 0 Å². The topological polar surface area (TPSA) is 0 Å². The molecule has 134 valence electrons. The van der Waals surface area contributed by atoms with Gasteiger partial charge in [-0.15, -0.1) is 0 Å².